The van der Waals surface area contributed by atoms with Gasteiger partial charge in [0.05, 0.1) is 11.9 Å². The largest absolute Gasteiger partial charge is 0.349 e. The van der Waals surface area contributed by atoms with Crippen LogP contribution < -0.4 is 10.9 Å². The second-order valence-corrected chi connectivity index (χ2v) is 6.66. The maximum absolute atomic E-state index is 12.9. The molecule has 0 aliphatic carbocycles. The van der Waals surface area contributed by atoms with Crippen molar-refractivity contribution in [3.63, 3.8) is 0 Å². The van der Waals surface area contributed by atoms with Crippen molar-refractivity contribution >= 4 is 5.91 Å². The highest BCUT2D eigenvalue weighted by atomic mass is 16.2. The zero-order valence-corrected chi connectivity index (χ0v) is 15.6. The first-order valence-electron chi connectivity index (χ1n) is 9.03. The van der Waals surface area contributed by atoms with Crippen molar-refractivity contribution in [2.45, 2.75) is 32.7 Å². The molecule has 5 heteroatoms. The van der Waals surface area contributed by atoms with Gasteiger partial charge in [-0.3, -0.25) is 19.1 Å². The van der Waals surface area contributed by atoms with E-state index in [0.717, 1.165) is 12.8 Å². The first kappa shape index (κ1) is 18.6. The Labute approximate surface area is 158 Å². The van der Waals surface area contributed by atoms with Crippen molar-refractivity contribution in [3.05, 3.63) is 94.2 Å². The van der Waals surface area contributed by atoms with Crippen LogP contribution in [0.3, 0.4) is 0 Å². The number of aryl methyl sites for hydroxylation is 2. The van der Waals surface area contributed by atoms with E-state index in [0.29, 0.717) is 11.3 Å². The number of carbonyl (C=O) groups excluding carboxylic acids is 1. The Morgan fingerprint density at radius 2 is 1.93 bits per heavy atom. The molecule has 1 atom stereocenters. The number of pyridine rings is 2. The van der Waals surface area contributed by atoms with Gasteiger partial charge >= 0.3 is 0 Å². The minimum absolute atomic E-state index is 0.0384. The number of rotatable bonds is 6. The Hall–Kier alpha value is -3.21. The molecule has 1 N–H and O–H groups in total. The van der Waals surface area contributed by atoms with E-state index in [1.807, 2.05) is 25.1 Å². The van der Waals surface area contributed by atoms with Gasteiger partial charge in [0.25, 0.3) is 11.5 Å². The van der Waals surface area contributed by atoms with Gasteiger partial charge in [-0.05, 0) is 56.0 Å². The second kappa shape index (κ2) is 8.45. The van der Waals surface area contributed by atoms with Crippen molar-refractivity contribution in [1.29, 1.82) is 0 Å². The minimum Gasteiger partial charge on any atom is -0.349 e. The van der Waals surface area contributed by atoms with Crippen LogP contribution in [-0.4, -0.2) is 21.5 Å². The smallest absolute Gasteiger partial charge is 0.268 e. The molecule has 0 spiro atoms. The highest BCUT2D eigenvalue weighted by Crippen LogP contribution is 2.09. The second-order valence-electron chi connectivity index (χ2n) is 6.66. The summed E-state index contributed by atoms with van der Waals surface area (Å²) < 4.78 is 1.45. The summed E-state index contributed by atoms with van der Waals surface area (Å²) in [5, 5.41) is 2.96. The number of benzene rings is 1. The van der Waals surface area contributed by atoms with Gasteiger partial charge in [-0.25, -0.2) is 0 Å². The Morgan fingerprint density at radius 3 is 2.63 bits per heavy atom. The fourth-order valence-electron chi connectivity index (χ4n) is 3.00. The molecule has 0 saturated carbocycles. The topological polar surface area (TPSA) is 64.0 Å². The molecule has 0 fully saturated rings. The molecule has 2 aromatic heterocycles. The average molecular weight is 361 g/mol. The van der Waals surface area contributed by atoms with Crippen molar-refractivity contribution in [3.8, 4) is 5.69 Å². The molecule has 1 unspecified atom stereocenters. The summed E-state index contributed by atoms with van der Waals surface area (Å²) >= 11 is 0. The van der Waals surface area contributed by atoms with E-state index in [1.54, 1.807) is 43.7 Å². The molecule has 138 valence electrons. The Balaban J connectivity index is 1.75. The summed E-state index contributed by atoms with van der Waals surface area (Å²) in [5.41, 5.74) is 2.36. The molecule has 0 radical (unpaired) electrons. The summed E-state index contributed by atoms with van der Waals surface area (Å²) in [6, 6.07) is 15.4. The van der Waals surface area contributed by atoms with E-state index < -0.39 is 0 Å². The average Bonchev–Trinajstić information content (AvgIpc) is 2.68. The van der Waals surface area contributed by atoms with E-state index in [4.69, 9.17) is 0 Å². The van der Waals surface area contributed by atoms with E-state index in [-0.39, 0.29) is 23.1 Å². The van der Waals surface area contributed by atoms with Gasteiger partial charge in [0.15, 0.2) is 0 Å². The van der Waals surface area contributed by atoms with Gasteiger partial charge in [0.2, 0.25) is 0 Å². The summed E-state index contributed by atoms with van der Waals surface area (Å²) in [6.45, 7) is 3.73. The van der Waals surface area contributed by atoms with Gasteiger partial charge in [-0.2, -0.15) is 0 Å². The molecule has 0 bridgehead atoms. The summed E-state index contributed by atoms with van der Waals surface area (Å²) in [4.78, 5) is 29.7. The number of carbonyl (C=O) groups is 1. The van der Waals surface area contributed by atoms with Crippen LogP contribution in [-0.2, 0) is 6.42 Å². The molecule has 3 rings (SSSR count). The summed E-state index contributed by atoms with van der Waals surface area (Å²) in [7, 11) is 0. The minimum atomic E-state index is -0.337. The van der Waals surface area contributed by atoms with Gasteiger partial charge in [0, 0.05) is 18.4 Å². The maximum atomic E-state index is 12.9. The van der Waals surface area contributed by atoms with Crippen LogP contribution in [0.2, 0.25) is 0 Å². The van der Waals surface area contributed by atoms with Crippen molar-refractivity contribution in [2.75, 3.05) is 0 Å². The Kier molecular flexibility index (Phi) is 5.81. The third-order valence-electron chi connectivity index (χ3n) is 4.54. The lowest BCUT2D eigenvalue weighted by atomic mass is 10.1. The molecule has 2 heterocycles. The number of nitrogens with one attached hydrogen (secondary N) is 1. The Morgan fingerprint density at radius 1 is 1.15 bits per heavy atom. The van der Waals surface area contributed by atoms with Crippen LogP contribution in [0.4, 0.5) is 0 Å². The molecular weight excluding hydrogens is 338 g/mol. The lowest BCUT2D eigenvalue weighted by molar-refractivity contribution is 0.0936. The molecule has 1 amide bonds. The molecule has 0 saturated heterocycles. The van der Waals surface area contributed by atoms with Crippen LogP contribution >= 0.6 is 0 Å². The highest BCUT2D eigenvalue weighted by molar-refractivity contribution is 5.95. The Bertz CT molecular complexity index is 966. The summed E-state index contributed by atoms with van der Waals surface area (Å²) in [5.74, 6) is -0.337. The summed E-state index contributed by atoms with van der Waals surface area (Å²) in [6.07, 6.45) is 6.59. The number of nitrogens with zero attached hydrogens (tertiary/aromatic N) is 2. The highest BCUT2D eigenvalue weighted by Gasteiger charge is 2.18. The van der Waals surface area contributed by atoms with Gasteiger partial charge < -0.3 is 5.32 Å². The van der Waals surface area contributed by atoms with Crippen molar-refractivity contribution in [2.24, 2.45) is 0 Å². The normalized spacial score (nSPS) is 11.8. The predicted molar refractivity (Wildman–Crippen MR) is 106 cm³/mol. The third-order valence-corrected chi connectivity index (χ3v) is 4.54. The molecule has 0 aliphatic rings. The van der Waals surface area contributed by atoms with Crippen molar-refractivity contribution < 1.29 is 4.79 Å². The van der Waals surface area contributed by atoms with Crippen molar-refractivity contribution in [1.82, 2.24) is 14.9 Å². The molecule has 27 heavy (non-hydrogen) atoms. The van der Waals surface area contributed by atoms with Crippen LogP contribution in [0.25, 0.3) is 5.69 Å². The fraction of sp³-hybridized carbons (Fsp3) is 0.227. The first-order chi connectivity index (χ1) is 13.1. The quantitative estimate of drug-likeness (QED) is 0.733. The first-order valence-corrected chi connectivity index (χ1v) is 9.03. The van der Waals surface area contributed by atoms with E-state index in [9.17, 15) is 9.59 Å². The standard InChI is InChI=1S/C22H23N3O2/c1-16-12-14-25(19-9-6-13-23-15-19)22(27)20(16)21(26)24-17(2)10-11-18-7-4-3-5-8-18/h3-9,12-15,17H,10-11H2,1-2H3,(H,24,26). The molecule has 1 aromatic carbocycles. The third kappa shape index (κ3) is 4.50. The lowest BCUT2D eigenvalue weighted by Crippen LogP contribution is -2.38. The SMILES string of the molecule is Cc1ccn(-c2cccnc2)c(=O)c1C(=O)NC(C)CCc1ccccc1. The molecule has 3 aromatic rings. The number of hydrogen-bond donors (Lipinski definition) is 1. The van der Waals surface area contributed by atoms with Crippen LogP contribution in [0, 0.1) is 6.92 Å². The predicted octanol–water partition coefficient (Wildman–Crippen LogP) is 3.29. The van der Waals surface area contributed by atoms with Gasteiger partial charge in [-0.1, -0.05) is 30.3 Å². The van der Waals surface area contributed by atoms with Gasteiger partial charge in [-0.15, -0.1) is 0 Å². The van der Waals surface area contributed by atoms with Gasteiger partial charge in [0.1, 0.15) is 5.56 Å². The van der Waals surface area contributed by atoms with E-state index >= 15 is 0 Å². The van der Waals surface area contributed by atoms with Crippen LogP contribution in [0.1, 0.15) is 34.8 Å². The van der Waals surface area contributed by atoms with Crippen LogP contribution in [0.15, 0.2) is 71.9 Å². The number of aromatic nitrogens is 2. The number of amides is 1. The molecule has 5 nitrogen and oxygen atoms in total. The molecule has 0 aliphatic heterocycles. The zero-order valence-electron chi connectivity index (χ0n) is 15.6. The maximum Gasteiger partial charge on any atom is 0.268 e. The monoisotopic (exact) mass is 361 g/mol. The number of hydrogen-bond acceptors (Lipinski definition) is 3. The fourth-order valence-corrected chi connectivity index (χ4v) is 3.00. The zero-order chi connectivity index (χ0) is 19.2. The van der Waals surface area contributed by atoms with Crippen LogP contribution in [0.5, 0.6) is 0 Å². The molecular formula is C22H23N3O2. The van der Waals surface area contributed by atoms with E-state index in [2.05, 4.69) is 22.4 Å². The lowest BCUT2D eigenvalue weighted by Gasteiger charge is -2.16. The van der Waals surface area contributed by atoms with E-state index in [1.165, 1.54) is 10.1 Å².